The molecule has 10 heavy (non-hydrogen) atoms. The topological polar surface area (TPSA) is 33.1 Å². The third-order valence-electron chi connectivity index (χ3n) is 1.04. The molecule has 0 aromatic carbocycles. The van der Waals surface area contributed by atoms with Gasteiger partial charge in [0.2, 0.25) is 0 Å². The van der Waals surface area contributed by atoms with E-state index in [-0.39, 0.29) is 0 Å². The molecule has 1 N–H and O–H groups in total. The molecule has 0 aliphatic carbocycles. The number of aliphatic hydroxyl groups is 1. The summed E-state index contributed by atoms with van der Waals surface area (Å²) >= 11 is 1.50. The molecule has 0 aliphatic heterocycles. The molecular weight excluding hydrogens is 146 g/mol. The summed E-state index contributed by atoms with van der Waals surface area (Å²) < 4.78 is 0. The molecule has 0 bridgehead atoms. The summed E-state index contributed by atoms with van der Waals surface area (Å²) in [6.45, 7) is 0. The molecule has 52 valence electrons. The highest BCUT2D eigenvalue weighted by atomic mass is 32.1. The first-order chi connectivity index (χ1) is 4.83. The molecule has 0 saturated carbocycles. The minimum absolute atomic E-state index is 0.466. The summed E-state index contributed by atoms with van der Waals surface area (Å²) in [7, 11) is 0. The van der Waals surface area contributed by atoms with Gasteiger partial charge in [-0.3, -0.25) is 0 Å². The number of aromatic nitrogens is 1. The van der Waals surface area contributed by atoms with Gasteiger partial charge in [-0.15, -0.1) is 17.8 Å². The lowest BCUT2D eigenvalue weighted by atomic mass is 10.3. The van der Waals surface area contributed by atoms with Crippen molar-refractivity contribution in [2.75, 3.05) is 0 Å². The van der Waals surface area contributed by atoms with Crippen molar-refractivity contribution >= 4 is 11.3 Å². The van der Waals surface area contributed by atoms with E-state index in [9.17, 15) is 0 Å². The molecule has 0 amide bonds. The average molecular weight is 153 g/mol. The van der Waals surface area contributed by atoms with Gasteiger partial charge in [-0.1, -0.05) is 5.92 Å². The van der Waals surface area contributed by atoms with E-state index in [1.807, 2.05) is 5.38 Å². The van der Waals surface area contributed by atoms with Gasteiger partial charge in [-0.05, 0) is 0 Å². The molecule has 1 atom stereocenters. The van der Waals surface area contributed by atoms with Crippen molar-refractivity contribution in [3.8, 4) is 12.3 Å². The van der Waals surface area contributed by atoms with Crippen molar-refractivity contribution in [3.63, 3.8) is 0 Å². The lowest BCUT2D eigenvalue weighted by Gasteiger charge is -1.96. The van der Waals surface area contributed by atoms with Gasteiger partial charge >= 0.3 is 0 Å². The normalized spacial score (nSPS) is 12.4. The lowest BCUT2D eigenvalue weighted by molar-refractivity contribution is 0.233. The van der Waals surface area contributed by atoms with Gasteiger partial charge in [0.1, 0.15) is 6.10 Å². The summed E-state index contributed by atoms with van der Waals surface area (Å²) in [6, 6.07) is 0. The Morgan fingerprint density at radius 3 is 3.20 bits per heavy atom. The van der Waals surface area contributed by atoms with Crippen LogP contribution in [0.15, 0.2) is 11.6 Å². The average Bonchev–Trinajstić information content (AvgIpc) is 2.40. The quantitative estimate of drug-likeness (QED) is 0.634. The Balaban J connectivity index is 2.50. The minimum atomic E-state index is -0.689. The number of nitrogens with zero attached hydrogens (tertiary/aromatic N) is 1. The summed E-state index contributed by atoms with van der Waals surface area (Å²) in [4.78, 5) is 3.97. The molecule has 2 nitrogen and oxygen atoms in total. The van der Waals surface area contributed by atoms with Gasteiger partial charge in [-0.2, -0.15) is 0 Å². The van der Waals surface area contributed by atoms with Crippen LogP contribution >= 0.6 is 11.3 Å². The Hall–Kier alpha value is -0.850. The van der Waals surface area contributed by atoms with Crippen molar-refractivity contribution < 1.29 is 5.11 Å². The molecular formula is C7H7NOS. The second kappa shape index (κ2) is 3.35. The van der Waals surface area contributed by atoms with Gasteiger partial charge in [0.25, 0.3) is 0 Å². The Labute approximate surface area is 63.5 Å². The predicted octanol–water partition coefficient (Wildman–Crippen LogP) is 0.680. The summed E-state index contributed by atoms with van der Waals surface area (Å²) in [5.41, 5.74) is 0. The van der Waals surface area contributed by atoms with E-state index in [0.29, 0.717) is 6.42 Å². The lowest BCUT2D eigenvalue weighted by Crippen LogP contribution is -2.05. The van der Waals surface area contributed by atoms with Gasteiger partial charge in [-0.25, -0.2) is 4.98 Å². The minimum Gasteiger partial charge on any atom is -0.380 e. The number of rotatable bonds is 2. The fraction of sp³-hybridized carbons (Fsp3) is 0.286. The first kappa shape index (κ1) is 7.26. The molecule has 0 saturated heterocycles. The fourth-order valence-electron chi connectivity index (χ4n) is 0.578. The molecule has 3 heteroatoms. The van der Waals surface area contributed by atoms with Crippen LogP contribution in [0.4, 0.5) is 0 Å². The highest BCUT2D eigenvalue weighted by Gasteiger charge is 2.01. The van der Waals surface area contributed by atoms with Gasteiger partial charge in [0, 0.05) is 18.0 Å². The van der Waals surface area contributed by atoms with Crippen LogP contribution in [-0.4, -0.2) is 16.2 Å². The third-order valence-corrected chi connectivity index (χ3v) is 1.85. The second-order valence-electron chi connectivity index (χ2n) is 1.81. The van der Waals surface area contributed by atoms with E-state index < -0.39 is 6.10 Å². The van der Waals surface area contributed by atoms with Crippen LogP contribution in [0.2, 0.25) is 0 Å². The van der Waals surface area contributed by atoms with Crippen LogP contribution < -0.4 is 0 Å². The third kappa shape index (κ3) is 1.83. The number of aliphatic hydroxyl groups excluding tert-OH is 1. The Kier molecular flexibility index (Phi) is 2.43. The van der Waals surface area contributed by atoms with Gasteiger partial charge in [0.15, 0.2) is 0 Å². The predicted molar refractivity (Wildman–Crippen MR) is 40.7 cm³/mol. The molecule has 1 unspecified atom stereocenters. The molecule has 1 aromatic heterocycles. The number of terminal acetylenes is 1. The molecule has 1 rings (SSSR count). The van der Waals surface area contributed by atoms with Gasteiger partial charge < -0.3 is 5.11 Å². The van der Waals surface area contributed by atoms with E-state index >= 15 is 0 Å². The summed E-state index contributed by atoms with van der Waals surface area (Å²) in [6.07, 6.45) is 6.44. The van der Waals surface area contributed by atoms with Crippen LogP contribution in [0.25, 0.3) is 0 Å². The van der Waals surface area contributed by atoms with E-state index in [2.05, 4.69) is 10.9 Å². The van der Waals surface area contributed by atoms with Crippen LogP contribution in [0.3, 0.4) is 0 Å². The highest BCUT2D eigenvalue weighted by molar-refractivity contribution is 7.09. The van der Waals surface area contributed by atoms with Crippen LogP contribution in [-0.2, 0) is 6.42 Å². The maximum Gasteiger partial charge on any atom is 0.120 e. The van der Waals surface area contributed by atoms with Crippen molar-refractivity contribution in [1.82, 2.24) is 4.98 Å². The highest BCUT2D eigenvalue weighted by Crippen LogP contribution is 2.06. The SMILES string of the molecule is C#CC(O)Cc1nccs1. The monoisotopic (exact) mass is 153 g/mol. The van der Waals surface area contributed by atoms with Crippen molar-refractivity contribution in [3.05, 3.63) is 16.6 Å². The zero-order valence-electron chi connectivity index (χ0n) is 5.32. The number of hydrogen-bond donors (Lipinski definition) is 1. The van der Waals surface area contributed by atoms with Gasteiger partial charge in [0.05, 0.1) is 5.01 Å². The maximum atomic E-state index is 8.96. The maximum absolute atomic E-state index is 8.96. The molecule has 0 spiro atoms. The fourth-order valence-corrected chi connectivity index (χ4v) is 1.23. The van der Waals surface area contributed by atoms with Crippen LogP contribution in [0.1, 0.15) is 5.01 Å². The molecule has 1 aromatic rings. The van der Waals surface area contributed by atoms with Crippen molar-refractivity contribution in [2.45, 2.75) is 12.5 Å². The smallest absolute Gasteiger partial charge is 0.120 e. The van der Waals surface area contributed by atoms with Crippen LogP contribution in [0, 0.1) is 12.3 Å². The standard InChI is InChI=1S/C7H7NOS/c1-2-6(9)5-7-8-3-4-10-7/h1,3-4,6,9H,5H2. The van der Waals surface area contributed by atoms with Crippen molar-refractivity contribution in [2.24, 2.45) is 0 Å². The Morgan fingerprint density at radius 2 is 2.70 bits per heavy atom. The van der Waals surface area contributed by atoms with E-state index in [0.717, 1.165) is 5.01 Å². The zero-order chi connectivity index (χ0) is 7.40. The zero-order valence-corrected chi connectivity index (χ0v) is 6.14. The molecule has 0 aliphatic rings. The van der Waals surface area contributed by atoms with E-state index in [4.69, 9.17) is 11.5 Å². The Morgan fingerprint density at radius 1 is 1.90 bits per heavy atom. The van der Waals surface area contributed by atoms with E-state index in [1.54, 1.807) is 6.20 Å². The first-order valence-corrected chi connectivity index (χ1v) is 3.73. The largest absolute Gasteiger partial charge is 0.380 e. The second-order valence-corrected chi connectivity index (χ2v) is 2.79. The number of hydrogen-bond acceptors (Lipinski definition) is 3. The Bertz CT molecular complexity index is 224. The molecule has 0 fully saturated rings. The molecule has 1 heterocycles. The number of thiazole rings is 1. The summed E-state index contributed by atoms with van der Waals surface area (Å²) in [5, 5.41) is 11.7. The first-order valence-electron chi connectivity index (χ1n) is 2.85. The molecule has 0 radical (unpaired) electrons. The summed E-state index contributed by atoms with van der Waals surface area (Å²) in [5.74, 6) is 2.23. The van der Waals surface area contributed by atoms with E-state index in [1.165, 1.54) is 11.3 Å². The van der Waals surface area contributed by atoms with Crippen LogP contribution in [0.5, 0.6) is 0 Å². The van der Waals surface area contributed by atoms with Crippen molar-refractivity contribution in [1.29, 1.82) is 0 Å².